The molecule has 0 saturated heterocycles. The Hall–Kier alpha value is -1.87. The first-order valence-corrected chi connectivity index (χ1v) is 6.98. The van der Waals surface area contributed by atoms with Crippen molar-refractivity contribution in [1.82, 2.24) is 10.3 Å². The molecule has 0 amide bonds. The van der Waals surface area contributed by atoms with Crippen molar-refractivity contribution in [2.75, 3.05) is 7.11 Å². The average Bonchev–Trinajstić information content (AvgIpc) is 2.48. The summed E-state index contributed by atoms with van der Waals surface area (Å²) in [4.78, 5) is 4.16. The highest BCUT2D eigenvalue weighted by Crippen LogP contribution is 2.20. The highest BCUT2D eigenvalue weighted by atomic mass is 16.5. The van der Waals surface area contributed by atoms with Crippen LogP contribution in [-0.2, 0) is 6.42 Å². The van der Waals surface area contributed by atoms with Crippen LogP contribution in [0.5, 0.6) is 5.75 Å². The monoisotopic (exact) mass is 270 g/mol. The number of aromatic nitrogens is 1. The Morgan fingerprint density at radius 2 is 1.95 bits per heavy atom. The second-order valence-electron chi connectivity index (χ2n) is 5.09. The molecular formula is C17H22N2O. The third kappa shape index (κ3) is 3.81. The van der Waals surface area contributed by atoms with E-state index >= 15 is 0 Å². The van der Waals surface area contributed by atoms with E-state index < -0.39 is 0 Å². The molecule has 2 aromatic rings. The predicted molar refractivity (Wildman–Crippen MR) is 81.9 cm³/mol. The van der Waals surface area contributed by atoms with E-state index in [1.165, 1.54) is 11.1 Å². The highest BCUT2D eigenvalue weighted by Gasteiger charge is 2.12. The summed E-state index contributed by atoms with van der Waals surface area (Å²) in [6.07, 6.45) is 4.65. The summed E-state index contributed by atoms with van der Waals surface area (Å²) in [5.74, 6) is 0.954. The molecule has 0 aliphatic heterocycles. The second kappa shape index (κ2) is 7.06. The first-order valence-electron chi connectivity index (χ1n) is 6.98. The van der Waals surface area contributed by atoms with Gasteiger partial charge >= 0.3 is 0 Å². The molecule has 2 atom stereocenters. The van der Waals surface area contributed by atoms with Gasteiger partial charge in [0.05, 0.1) is 7.11 Å². The van der Waals surface area contributed by atoms with E-state index in [9.17, 15) is 0 Å². The van der Waals surface area contributed by atoms with E-state index in [-0.39, 0.29) is 6.04 Å². The molecule has 20 heavy (non-hydrogen) atoms. The molecule has 0 aliphatic rings. The molecule has 0 bridgehead atoms. The Labute approximate surface area is 121 Å². The Morgan fingerprint density at radius 3 is 2.65 bits per heavy atom. The van der Waals surface area contributed by atoms with E-state index in [2.05, 4.69) is 42.3 Å². The average molecular weight is 270 g/mol. The zero-order valence-electron chi connectivity index (χ0n) is 12.3. The van der Waals surface area contributed by atoms with Crippen molar-refractivity contribution in [2.24, 2.45) is 0 Å². The number of nitrogens with one attached hydrogen (secondary N) is 1. The van der Waals surface area contributed by atoms with Crippen molar-refractivity contribution < 1.29 is 4.74 Å². The van der Waals surface area contributed by atoms with Crippen molar-refractivity contribution in [2.45, 2.75) is 32.4 Å². The second-order valence-corrected chi connectivity index (χ2v) is 5.09. The zero-order valence-corrected chi connectivity index (χ0v) is 12.3. The van der Waals surface area contributed by atoms with E-state index in [1.807, 2.05) is 24.4 Å². The molecule has 3 heteroatoms. The molecule has 1 N–H and O–H groups in total. The molecule has 1 unspecified atom stereocenters. The van der Waals surface area contributed by atoms with Gasteiger partial charge in [-0.05, 0) is 43.5 Å². The van der Waals surface area contributed by atoms with E-state index in [0.29, 0.717) is 6.04 Å². The quantitative estimate of drug-likeness (QED) is 0.874. The molecule has 0 radical (unpaired) electrons. The first kappa shape index (κ1) is 14.5. The lowest BCUT2D eigenvalue weighted by molar-refractivity contribution is 0.403. The van der Waals surface area contributed by atoms with Gasteiger partial charge in [-0.25, -0.2) is 0 Å². The maximum absolute atomic E-state index is 5.40. The fraction of sp³-hybridized carbons (Fsp3) is 0.353. The largest absolute Gasteiger partial charge is 0.496 e. The van der Waals surface area contributed by atoms with Crippen LogP contribution in [0.25, 0.3) is 0 Å². The molecule has 0 aliphatic carbocycles. The lowest BCUT2D eigenvalue weighted by atomic mass is 10.0. The lowest BCUT2D eigenvalue weighted by Crippen LogP contribution is -2.30. The summed E-state index contributed by atoms with van der Waals surface area (Å²) < 4.78 is 5.40. The summed E-state index contributed by atoms with van der Waals surface area (Å²) in [6.45, 7) is 4.36. The van der Waals surface area contributed by atoms with E-state index in [1.54, 1.807) is 13.3 Å². The topological polar surface area (TPSA) is 34.1 Å². The van der Waals surface area contributed by atoms with Crippen LogP contribution in [0.2, 0.25) is 0 Å². The van der Waals surface area contributed by atoms with Crippen LogP contribution >= 0.6 is 0 Å². The Morgan fingerprint density at radius 1 is 1.15 bits per heavy atom. The smallest absolute Gasteiger partial charge is 0.122 e. The van der Waals surface area contributed by atoms with Gasteiger partial charge < -0.3 is 10.1 Å². The number of methoxy groups -OCH3 is 1. The van der Waals surface area contributed by atoms with Gasteiger partial charge in [0.25, 0.3) is 0 Å². The summed E-state index contributed by atoms with van der Waals surface area (Å²) in [5.41, 5.74) is 2.44. The molecule has 2 rings (SSSR count). The molecule has 0 saturated carbocycles. The molecule has 1 aromatic carbocycles. The molecular weight excluding hydrogens is 248 g/mol. The molecule has 1 heterocycles. The third-order valence-electron chi connectivity index (χ3n) is 3.44. The van der Waals surface area contributed by atoms with Gasteiger partial charge in [0, 0.05) is 24.5 Å². The van der Waals surface area contributed by atoms with E-state index in [0.717, 1.165) is 12.2 Å². The van der Waals surface area contributed by atoms with Gasteiger partial charge in [0.1, 0.15) is 5.75 Å². The number of hydrogen-bond donors (Lipinski definition) is 1. The van der Waals surface area contributed by atoms with Gasteiger partial charge in [0.15, 0.2) is 0 Å². The van der Waals surface area contributed by atoms with Gasteiger partial charge in [-0.3, -0.25) is 4.98 Å². The number of hydrogen-bond acceptors (Lipinski definition) is 3. The number of nitrogens with zero attached hydrogens (tertiary/aromatic N) is 1. The van der Waals surface area contributed by atoms with Crippen LogP contribution in [0, 0.1) is 0 Å². The van der Waals surface area contributed by atoms with Gasteiger partial charge in [-0.2, -0.15) is 0 Å². The number of benzene rings is 1. The SMILES string of the molecule is COc1ccccc1CC(C)N[C@@H](C)c1cccnc1. The minimum atomic E-state index is 0.286. The van der Waals surface area contributed by atoms with Crippen LogP contribution in [0.3, 0.4) is 0 Å². The van der Waals surface area contributed by atoms with Crippen LogP contribution in [0.15, 0.2) is 48.8 Å². The van der Waals surface area contributed by atoms with Crippen molar-refractivity contribution in [1.29, 1.82) is 0 Å². The number of ether oxygens (including phenoxy) is 1. The molecule has 3 nitrogen and oxygen atoms in total. The van der Waals surface area contributed by atoms with Crippen LogP contribution in [0.4, 0.5) is 0 Å². The minimum absolute atomic E-state index is 0.286. The van der Waals surface area contributed by atoms with Crippen LogP contribution in [0.1, 0.15) is 31.0 Å². The van der Waals surface area contributed by atoms with Gasteiger partial charge in [-0.15, -0.1) is 0 Å². The highest BCUT2D eigenvalue weighted by molar-refractivity contribution is 5.33. The molecule has 0 spiro atoms. The first-order chi connectivity index (χ1) is 9.70. The summed E-state index contributed by atoms with van der Waals surface area (Å²) >= 11 is 0. The van der Waals surface area contributed by atoms with Crippen molar-refractivity contribution in [3.63, 3.8) is 0 Å². The molecule has 1 aromatic heterocycles. The fourth-order valence-electron chi connectivity index (χ4n) is 2.42. The molecule has 106 valence electrons. The maximum atomic E-state index is 5.40. The normalized spacial score (nSPS) is 13.8. The Kier molecular flexibility index (Phi) is 5.13. The number of pyridine rings is 1. The fourth-order valence-corrected chi connectivity index (χ4v) is 2.42. The zero-order chi connectivity index (χ0) is 14.4. The van der Waals surface area contributed by atoms with E-state index in [4.69, 9.17) is 4.74 Å². The summed E-state index contributed by atoms with van der Waals surface area (Å²) in [6, 6.07) is 12.9. The molecule has 0 fully saturated rings. The standard InChI is InChI=1S/C17H22N2O/c1-13(11-15-7-4-5-9-17(15)20-3)19-14(2)16-8-6-10-18-12-16/h4-10,12-14,19H,11H2,1-3H3/t13?,14-/m0/s1. The summed E-state index contributed by atoms with van der Waals surface area (Å²) in [7, 11) is 1.72. The third-order valence-corrected chi connectivity index (χ3v) is 3.44. The van der Waals surface area contributed by atoms with Crippen molar-refractivity contribution in [3.8, 4) is 5.75 Å². The van der Waals surface area contributed by atoms with Crippen molar-refractivity contribution in [3.05, 3.63) is 59.9 Å². The Bertz CT molecular complexity index is 528. The van der Waals surface area contributed by atoms with Crippen LogP contribution in [-0.4, -0.2) is 18.1 Å². The maximum Gasteiger partial charge on any atom is 0.122 e. The number of para-hydroxylation sites is 1. The predicted octanol–water partition coefficient (Wildman–Crippen LogP) is 3.37. The number of rotatable bonds is 6. The van der Waals surface area contributed by atoms with Crippen molar-refractivity contribution >= 4 is 0 Å². The van der Waals surface area contributed by atoms with Crippen LogP contribution < -0.4 is 10.1 Å². The van der Waals surface area contributed by atoms with Gasteiger partial charge in [-0.1, -0.05) is 24.3 Å². The minimum Gasteiger partial charge on any atom is -0.496 e. The summed E-state index contributed by atoms with van der Waals surface area (Å²) in [5, 5.41) is 3.60. The lowest BCUT2D eigenvalue weighted by Gasteiger charge is -2.21. The van der Waals surface area contributed by atoms with Gasteiger partial charge in [0.2, 0.25) is 0 Å². The Balaban J connectivity index is 1.97.